The maximum Gasteiger partial charge on any atom is 0.234 e. The van der Waals surface area contributed by atoms with Gasteiger partial charge in [-0.15, -0.1) is 0 Å². The third kappa shape index (κ3) is 6.85. The Bertz CT molecular complexity index is 1320. The molecule has 1 N–H and O–H groups in total. The number of benzene rings is 2. The number of hydrogen-bond acceptors (Lipinski definition) is 9. The van der Waals surface area contributed by atoms with Gasteiger partial charge in [0, 0.05) is 43.1 Å². The molecule has 0 atom stereocenters. The quantitative estimate of drug-likeness (QED) is 0.399. The highest BCUT2D eigenvalue weighted by molar-refractivity contribution is 7.99. The van der Waals surface area contributed by atoms with Crippen molar-refractivity contribution >= 4 is 35.3 Å². The van der Waals surface area contributed by atoms with Gasteiger partial charge in [0.2, 0.25) is 11.9 Å². The minimum atomic E-state index is 0.113. The highest BCUT2D eigenvalue weighted by Crippen LogP contribution is 2.28. The Morgan fingerprint density at radius 1 is 0.974 bits per heavy atom. The van der Waals surface area contributed by atoms with Gasteiger partial charge in [-0.05, 0) is 54.6 Å². The third-order valence-corrected chi connectivity index (χ3v) is 7.46. The van der Waals surface area contributed by atoms with Crippen molar-refractivity contribution < 1.29 is 4.79 Å². The van der Waals surface area contributed by atoms with E-state index in [0.29, 0.717) is 23.5 Å². The van der Waals surface area contributed by atoms with Crippen molar-refractivity contribution in [3.05, 3.63) is 77.4 Å². The molecule has 1 saturated heterocycles. The van der Waals surface area contributed by atoms with Gasteiger partial charge in [0.05, 0.1) is 6.54 Å². The van der Waals surface area contributed by atoms with E-state index in [9.17, 15) is 4.79 Å². The monoisotopic (exact) mass is 527 g/mol. The van der Waals surface area contributed by atoms with Gasteiger partial charge in [0.15, 0.2) is 10.9 Å². The number of hydrogen-bond donors (Lipinski definition) is 1. The van der Waals surface area contributed by atoms with Crippen LogP contribution >= 0.6 is 11.8 Å². The number of carbonyl (C=O) groups excluding carboxylic acids is 1. The molecule has 0 spiro atoms. The maximum atomic E-state index is 12.6. The van der Waals surface area contributed by atoms with Crippen molar-refractivity contribution in [1.29, 1.82) is 0 Å². The number of anilines is 2. The van der Waals surface area contributed by atoms with Crippen molar-refractivity contribution in [2.75, 3.05) is 50.0 Å². The lowest BCUT2D eigenvalue weighted by molar-refractivity contribution is 0.0993. The van der Waals surface area contributed by atoms with Crippen LogP contribution < -0.4 is 10.2 Å². The van der Waals surface area contributed by atoms with Crippen molar-refractivity contribution in [3.8, 4) is 0 Å². The smallest absolute Gasteiger partial charge is 0.234 e. The first-order chi connectivity index (χ1) is 18.6. The molecule has 9 heteroatoms. The molecule has 5 rings (SSSR count). The summed E-state index contributed by atoms with van der Waals surface area (Å²) in [7, 11) is 2.13. The fraction of sp³-hybridized carbons (Fsp3) is 0.345. The number of amidine groups is 1. The lowest BCUT2D eigenvalue weighted by atomic mass is 10.0. The Balaban J connectivity index is 1.32. The fourth-order valence-corrected chi connectivity index (χ4v) is 5.16. The molecular formula is C29H33N7OS. The average Bonchev–Trinajstić information content (AvgIpc) is 3.37. The summed E-state index contributed by atoms with van der Waals surface area (Å²) >= 11 is 1.49. The Hall–Kier alpha value is -3.56. The van der Waals surface area contributed by atoms with Crippen LogP contribution in [0.15, 0.2) is 81.3 Å². The molecule has 2 aliphatic rings. The number of aromatic nitrogens is 3. The average molecular weight is 528 g/mol. The van der Waals surface area contributed by atoms with Crippen molar-refractivity contribution in [1.82, 2.24) is 19.9 Å². The number of Topliss-reactive ketones (excluding diaryl/α,β-unsaturated/α-hetero) is 1. The largest absolute Gasteiger partial charge is 0.338 e. The predicted molar refractivity (Wildman–Crippen MR) is 153 cm³/mol. The zero-order chi connectivity index (χ0) is 26.3. The number of aliphatic imine (C=N–C) groups is 1. The van der Waals surface area contributed by atoms with Gasteiger partial charge in [-0.3, -0.25) is 9.79 Å². The predicted octanol–water partition coefficient (Wildman–Crippen LogP) is 4.75. The zero-order valence-corrected chi connectivity index (χ0v) is 22.7. The van der Waals surface area contributed by atoms with Gasteiger partial charge in [-0.25, -0.2) is 0 Å². The summed E-state index contributed by atoms with van der Waals surface area (Å²) < 4.78 is 0. The van der Waals surface area contributed by atoms with Crippen molar-refractivity contribution in [3.63, 3.8) is 0 Å². The summed E-state index contributed by atoms with van der Waals surface area (Å²) in [5.74, 6) is 2.10. The van der Waals surface area contributed by atoms with Gasteiger partial charge in [0.25, 0.3) is 0 Å². The van der Waals surface area contributed by atoms with Gasteiger partial charge < -0.3 is 15.1 Å². The van der Waals surface area contributed by atoms with Crippen LogP contribution in [0.3, 0.4) is 0 Å². The number of nitrogens with one attached hydrogen (secondary N) is 1. The van der Waals surface area contributed by atoms with Crippen LogP contribution in [0.25, 0.3) is 0 Å². The number of likely N-dealkylation sites (N-methyl/N-ethyl adjacent to an activating group) is 1. The zero-order valence-electron chi connectivity index (χ0n) is 21.9. The van der Waals surface area contributed by atoms with E-state index in [-0.39, 0.29) is 5.78 Å². The minimum absolute atomic E-state index is 0.113. The van der Waals surface area contributed by atoms with Crippen LogP contribution in [0.5, 0.6) is 0 Å². The highest BCUT2D eigenvalue weighted by Gasteiger charge is 2.20. The van der Waals surface area contributed by atoms with Crippen LogP contribution in [-0.2, 0) is 6.42 Å². The van der Waals surface area contributed by atoms with Crippen molar-refractivity contribution in [2.45, 2.75) is 36.2 Å². The van der Waals surface area contributed by atoms with Gasteiger partial charge >= 0.3 is 0 Å². The van der Waals surface area contributed by atoms with Crippen LogP contribution in [-0.4, -0.2) is 71.2 Å². The Morgan fingerprint density at radius 2 is 1.74 bits per heavy atom. The lowest BCUT2D eigenvalue weighted by Gasteiger charge is -2.32. The number of rotatable bonds is 9. The van der Waals surface area contributed by atoms with Crippen LogP contribution in [0, 0.1) is 0 Å². The minimum Gasteiger partial charge on any atom is -0.338 e. The molecule has 1 aromatic heterocycles. The summed E-state index contributed by atoms with van der Waals surface area (Å²) in [6.45, 7) is 6.59. The molecule has 3 heterocycles. The molecule has 2 aliphatic heterocycles. The Labute approximate surface area is 228 Å². The highest BCUT2D eigenvalue weighted by atomic mass is 32.2. The molecule has 0 unspecified atom stereocenters. The molecule has 0 aliphatic carbocycles. The molecule has 1 fully saturated rings. The second-order valence-corrected chi connectivity index (χ2v) is 10.7. The summed E-state index contributed by atoms with van der Waals surface area (Å²) in [5.41, 5.74) is 3.04. The van der Waals surface area contributed by atoms with Crippen LogP contribution in [0.4, 0.5) is 11.9 Å². The molecule has 0 amide bonds. The van der Waals surface area contributed by atoms with E-state index in [1.165, 1.54) is 17.3 Å². The van der Waals surface area contributed by atoms with Crippen LogP contribution in [0.1, 0.15) is 35.7 Å². The number of nitrogens with zero attached hydrogens (tertiary/aromatic N) is 6. The van der Waals surface area contributed by atoms with Gasteiger partial charge in [0.1, 0.15) is 5.84 Å². The van der Waals surface area contributed by atoms with E-state index >= 15 is 0 Å². The SMILES string of the molecule is CCCC1=CC(Nc2nc(Sc3ccc(CC(=O)c4ccccc4)cc3)nc(N3CCN(C)CC3)n2)=NC1. The topological polar surface area (TPSA) is 86.6 Å². The Kier molecular flexibility index (Phi) is 8.45. The van der Waals surface area contributed by atoms with E-state index in [2.05, 4.69) is 40.2 Å². The molecule has 0 saturated carbocycles. The summed E-state index contributed by atoms with van der Waals surface area (Å²) in [6, 6.07) is 17.4. The molecule has 0 bridgehead atoms. The van der Waals surface area contributed by atoms with Crippen LogP contribution in [0.2, 0.25) is 0 Å². The second-order valence-electron chi connectivity index (χ2n) is 9.62. The van der Waals surface area contributed by atoms with Gasteiger partial charge in [-0.1, -0.05) is 55.8 Å². The molecule has 8 nitrogen and oxygen atoms in total. The molecular weight excluding hydrogens is 494 g/mol. The third-order valence-electron chi connectivity index (χ3n) is 6.59. The Morgan fingerprint density at radius 3 is 2.47 bits per heavy atom. The normalized spacial score (nSPS) is 15.8. The van der Waals surface area contributed by atoms with E-state index in [1.54, 1.807) is 0 Å². The van der Waals surface area contributed by atoms with E-state index < -0.39 is 0 Å². The molecule has 196 valence electrons. The second kappa shape index (κ2) is 12.3. The number of ketones is 1. The summed E-state index contributed by atoms with van der Waals surface area (Å²) in [5, 5.41) is 3.94. The fourth-order valence-electron chi connectivity index (χ4n) is 4.42. The summed E-state index contributed by atoms with van der Waals surface area (Å²) in [6.07, 6.45) is 4.63. The van der Waals surface area contributed by atoms with Crippen molar-refractivity contribution in [2.24, 2.45) is 4.99 Å². The van der Waals surface area contributed by atoms with Gasteiger partial charge in [-0.2, -0.15) is 15.0 Å². The first-order valence-corrected chi connectivity index (χ1v) is 13.9. The summed E-state index contributed by atoms with van der Waals surface area (Å²) in [4.78, 5) is 37.0. The first kappa shape index (κ1) is 26.1. The molecule has 3 aromatic rings. The molecule has 0 radical (unpaired) electrons. The molecule has 2 aromatic carbocycles. The first-order valence-electron chi connectivity index (χ1n) is 13.1. The van der Waals surface area contributed by atoms with E-state index in [1.807, 2.05) is 54.6 Å². The maximum absolute atomic E-state index is 12.6. The van der Waals surface area contributed by atoms with E-state index in [4.69, 9.17) is 15.0 Å². The number of carbonyl (C=O) groups is 1. The van der Waals surface area contributed by atoms with E-state index in [0.717, 1.165) is 67.4 Å². The number of piperazine rings is 1. The standard InChI is InChI=1S/C29H33N7OS/c1-3-7-22-19-26(30-20-22)31-27-32-28(36-16-14-35(2)15-17-36)34-29(33-27)38-24-12-10-21(11-13-24)18-25(37)23-8-5-4-6-9-23/h4-6,8-13,19H,3,7,14-18,20H2,1-2H3,(H,30,31,32,33,34). The lowest BCUT2D eigenvalue weighted by Crippen LogP contribution is -2.45. The molecule has 38 heavy (non-hydrogen) atoms.